The van der Waals surface area contributed by atoms with Crippen molar-refractivity contribution in [3.63, 3.8) is 0 Å². The Morgan fingerprint density at radius 1 is 1.10 bits per heavy atom. The third kappa shape index (κ3) is 5.77. The second-order valence-corrected chi connectivity index (χ2v) is 8.90. The maximum atomic E-state index is 13.0. The summed E-state index contributed by atoms with van der Waals surface area (Å²) in [5.74, 6) is -0.395. The molecule has 5 nitrogen and oxygen atoms in total. The Kier molecular flexibility index (Phi) is 7.06. The number of hydrogen-bond donors (Lipinski definition) is 1. The molecule has 1 fully saturated rings. The van der Waals surface area contributed by atoms with E-state index in [1.165, 1.54) is 5.56 Å². The predicted molar refractivity (Wildman–Crippen MR) is 116 cm³/mol. The molecule has 1 aliphatic heterocycles. The Labute approximate surface area is 178 Å². The first kappa shape index (κ1) is 22.2. The first-order valence-electron chi connectivity index (χ1n) is 10.4. The van der Waals surface area contributed by atoms with Crippen molar-refractivity contribution in [1.82, 2.24) is 5.32 Å². The molecule has 3 unspecified atom stereocenters. The topological polar surface area (TPSA) is 64.6 Å². The first-order valence-corrected chi connectivity index (χ1v) is 10.4. The number of Topliss-reactive ketones (excluding diaryl/α,β-unsaturated/α-hetero) is 1. The Hall–Kier alpha value is -2.50. The molecule has 0 saturated carbocycles. The Bertz CT molecular complexity index is 855. The molecule has 0 spiro atoms. The summed E-state index contributed by atoms with van der Waals surface area (Å²) in [6.45, 7) is 8.67. The van der Waals surface area contributed by atoms with Crippen molar-refractivity contribution in [2.45, 2.75) is 64.4 Å². The van der Waals surface area contributed by atoms with E-state index >= 15 is 0 Å². The van der Waals surface area contributed by atoms with Gasteiger partial charge in [0.05, 0.1) is 12.7 Å². The highest BCUT2D eigenvalue weighted by molar-refractivity contribution is 5.93. The molecule has 0 aliphatic carbocycles. The smallest absolute Gasteiger partial charge is 0.250 e. The van der Waals surface area contributed by atoms with Crippen molar-refractivity contribution in [1.29, 1.82) is 0 Å². The van der Waals surface area contributed by atoms with Gasteiger partial charge in [-0.05, 0) is 29.0 Å². The molecular formula is C25H31NO4. The number of ether oxygens (including phenoxy) is 2. The van der Waals surface area contributed by atoms with Crippen LogP contribution in [0.25, 0.3) is 0 Å². The van der Waals surface area contributed by atoms with Crippen LogP contribution >= 0.6 is 0 Å². The number of carbonyl (C=O) groups is 2. The fraction of sp³-hybridized carbons (Fsp3) is 0.440. The minimum Gasteiger partial charge on any atom is -0.368 e. The van der Waals surface area contributed by atoms with Gasteiger partial charge in [-0.1, -0.05) is 75.4 Å². The molecule has 3 rings (SSSR count). The number of benzene rings is 2. The van der Waals surface area contributed by atoms with Gasteiger partial charge in [0.2, 0.25) is 5.91 Å². The third-order valence-electron chi connectivity index (χ3n) is 5.43. The minimum atomic E-state index is -0.699. The molecule has 160 valence electrons. The molecule has 1 saturated heterocycles. The average molecular weight is 410 g/mol. The highest BCUT2D eigenvalue weighted by atomic mass is 16.5. The number of ketones is 1. The summed E-state index contributed by atoms with van der Waals surface area (Å²) in [6.07, 6.45) is -0.595. The summed E-state index contributed by atoms with van der Waals surface area (Å²) in [5, 5.41) is 2.83. The number of rotatable bonds is 7. The van der Waals surface area contributed by atoms with Gasteiger partial charge in [-0.3, -0.25) is 9.59 Å². The first-order chi connectivity index (χ1) is 14.2. The number of amides is 1. The van der Waals surface area contributed by atoms with Crippen molar-refractivity contribution in [2.75, 3.05) is 6.61 Å². The van der Waals surface area contributed by atoms with E-state index in [2.05, 4.69) is 38.2 Å². The molecular weight excluding hydrogens is 378 g/mol. The number of nitrogens with one attached hydrogen (secondary N) is 1. The van der Waals surface area contributed by atoms with Gasteiger partial charge >= 0.3 is 0 Å². The third-order valence-corrected chi connectivity index (χ3v) is 5.43. The number of hydrogen-bond acceptors (Lipinski definition) is 4. The Morgan fingerprint density at radius 2 is 1.77 bits per heavy atom. The van der Waals surface area contributed by atoms with Crippen LogP contribution in [0.15, 0.2) is 54.6 Å². The highest BCUT2D eigenvalue weighted by Gasteiger charge is 2.35. The van der Waals surface area contributed by atoms with E-state index in [-0.39, 0.29) is 29.8 Å². The van der Waals surface area contributed by atoms with Gasteiger partial charge in [0.25, 0.3) is 0 Å². The van der Waals surface area contributed by atoms with E-state index in [0.29, 0.717) is 13.0 Å². The molecule has 1 N–H and O–H groups in total. The Morgan fingerprint density at radius 3 is 2.33 bits per heavy atom. The van der Waals surface area contributed by atoms with Crippen LogP contribution in [0.1, 0.15) is 44.4 Å². The van der Waals surface area contributed by atoms with E-state index in [4.69, 9.17) is 9.47 Å². The lowest BCUT2D eigenvalue weighted by Crippen LogP contribution is -2.49. The van der Waals surface area contributed by atoms with Crippen LogP contribution in [-0.2, 0) is 37.5 Å². The quantitative estimate of drug-likeness (QED) is 0.759. The predicted octanol–water partition coefficient (Wildman–Crippen LogP) is 3.58. The van der Waals surface area contributed by atoms with Crippen molar-refractivity contribution in [3.05, 3.63) is 71.3 Å². The highest BCUT2D eigenvalue weighted by Crippen LogP contribution is 2.22. The van der Waals surface area contributed by atoms with Crippen LogP contribution in [0.4, 0.5) is 0 Å². The second kappa shape index (κ2) is 9.54. The lowest BCUT2D eigenvalue weighted by atomic mass is 9.87. The molecule has 0 radical (unpaired) electrons. The normalized spacial score (nSPS) is 20.2. The molecule has 3 atom stereocenters. The van der Waals surface area contributed by atoms with Gasteiger partial charge in [0, 0.05) is 6.42 Å². The van der Waals surface area contributed by atoms with E-state index in [1.807, 2.05) is 42.5 Å². The summed E-state index contributed by atoms with van der Waals surface area (Å²) < 4.78 is 11.4. The van der Waals surface area contributed by atoms with Gasteiger partial charge in [-0.25, -0.2) is 0 Å². The zero-order valence-corrected chi connectivity index (χ0v) is 18.2. The molecule has 1 aliphatic rings. The van der Waals surface area contributed by atoms with Crippen LogP contribution in [0.3, 0.4) is 0 Å². The van der Waals surface area contributed by atoms with Crippen LogP contribution in [-0.4, -0.2) is 36.5 Å². The second-order valence-electron chi connectivity index (χ2n) is 8.90. The van der Waals surface area contributed by atoms with Crippen LogP contribution in [0.2, 0.25) is 0 Å². The zero-order valence-electron chi connectivity index (χ0n) is 18.2. The average Bonchev–Trinajstić information content (AvgIpc) is 3.03. The van der Waals surface area contributed by atoms with Crippen LogP contribution in [0, 0.1) is 0 Å². The molecule has 1 amide bonds. The fourth-order valence-corrected chi connectivity index (χ4v) is 3.46. The van der Waals surface area contributed by atoms with Crippen molar-refractivity contribution < 1.29 is 19.1 Å². The maximum Gasteiger partial charge on any atom is 0.250 e. The minimum absolute atomic E-state index is 0.0381. The monoisotopic (exact) mass is 409 g/mol. The molecule has 0 aromatic heterocycles. The van der Waals surface area contributed by atoms with Gasteiger partial charge in [0.1, 0.15) is 18.8 Å². The summed E-state index contributed by atoms with van der Waals surface area (Å²) in [5.41, 5.74) is 3.34. The zero-order chi connectivity index (χ0) is 21.7. The molecule has 1 heterocycles. The maximum absolute atomic E-state index is 13.0. The van der Waals surface area contributed by atoms with Crippen LogP contribution in [0.5, 0.6) is 0 Å². The van der Waals surface area contributed by atoms with Gasteiger partial charge in [0.15, 0.2) is 5.78 Å². The largest absolute Gasteiger partial charge is 0.368 e. The molecule has 30 heavy (non-hydrogen) atoms. The van der Waals surface area contributed by atoms with Gasteiger partial charge in [-0.2, -0.15) is 0 Å². The molecule has 5 heteroatoms. The van der Waals surface area contributed by atoms with E-state index < -0.39 is 12.1 Å². The summed E-state index contributed by atoms with van der Waals surface area (Å²) in [7, 11) is 0. The fourth-order valence-electron chi connectivity index (χ4n) is 3.46. The van der Waals surface area contributed by atoms with E-state index in [9.17, 15) is 9.59 Å². The summed E-state index contributed by atoms with van der Waals surface area (Å²) >= 11 is 0. The van der Waals surface area contributed by atoms with Crippen molar-refractivity contribution in [3.8, 4) is 0 Å². The van der Waals surface area contributed by atoms with Crippen LogP contribution < -0.4 is 5.32 Å². The lowest BCUT2D eigenvalue weighted by Gasteiger charge is -2.22. The lowest BCUT2D eigenvalue weighted by molar-refractivity contribution is -0.136. The number of carbonyl (C=O) groups excluding carboxylic acids is 2. The molecule has 0 bridgehead atoms. The SMILES string of the molecule is CC1OCC(=O)C1NC(=O)C(Cc1ccccc1)OCc1ccc(C(C)(C)C)cc1. The molecule has 2 aromatic rings. The van der Waals surface area contributed by atoms with E-state index in [0.717, 1.165) is 11.1 Å². The van der Waals surface area contributed by atoms with Gasteiger partial charge in [-0.15, -0.1) is 0 Å². The van der Waals surface area contributed by atoms with Gasteiger partial charge < -0.3 is 14.8 Å². The molecule has 2 aromatic carbocycles. The van der Waals surface area contributed by atoms with Crippen molar-refractivity contribution in [2.24, 2.45) is 0 Å². The Balaban J connectivity index is 1.69. The standard InChI is InChI=1S/C25H31NO4/c1-17-23(21(27)16-29-17)26-24(28)22(14-18-8-6-5-7-9-18)30-15-19-10-12-20(13-11-19)25(2,3)4/h5-13,17,22-23H,14-16H2,1-4H3,(H,26,28). The summed E-state index contributed by atoms with van der Waals surface area (Å²) in [4.78, 5) is 25.0. The van der Waals surface area contributed by atoms with E-state index in [1.54, 1.807) is 6.92 Å². The summed E-state index contributed by atoms with van der Waals surface area (Å²) in [6, 6.07) is 17.4. The van der Waals surface area contributed by atoms with Crippen molar-refractivity contribution >= 4 is 11.7 Å².